The van der Waals surface area contributed by atoms with E-state index in [0.29, 0.717) is 0 Å². The Morgan fingerprint density at radius 1 is 0.342 bits per heavy atom. The Kier molecular flexibility index (Phi) is 10.6. The van der Waals surface area contributed by atoms with Crippen molar-refractivity contribution in [1.29, 1.82) is 0 Å². The van der Waals surface area contributed by atoms with Gasteiger partial charge < -0.3 is 9.80 Å². The van der Waals surface area contributed by atoms with Crippen LogP contribution in [-0.2, 0) is 16.2 Å². The zero-order valence-electron chi connectivity index (χ0n) is 42.2. The highest BCUT2D eigenvalue weighted by Gasteiger charge is 2.50. The molecule has 13 rings (SSSR count). The molecule has 354 valence electrons. The molecule has 0 amide bonds. The number of thiophene rings is 2. The number of hydrogen-bond donors (Lipinski definition) is 0. The third kappa shape index (κ3) is 7.17. The first-order valence-corrected chi connectivity index (χ1v) is 27.1. The molecule has 0 unspecified atom stereocenters. The van der Waals surface area contributed by atoms with Gasteiger partial charge in [-0.2, -0.15) is 0 Å². The van der Waals surface area contributed by atoms with Crippen LogP contribution in [0, 0.1) is 0 Å². The molecule has 0 aliphatic heterocycles. The summed E-state index contributed by atoms with van der Waals surface area (Å²) in [4.78, 5) is 5.05. The van der Waals surface area contributed by atoms with E-state index in [1.54, 1.807) is 0 Å². The van der Waals surface area contributed by atoms with Crippen molar-refractivity contribution in [2.24, 2.45) is 0 Å². The first kappa shape index (κ1) is 45.1. The van der Waals surface area contributed by atoms with Crippen molar-refractivity contribution in [2.45, 2.75) is 57.8 Å². The number of benzene rings is 10. The molecule has 12 aromatic rings. The minimum Gasteiger partial charge on any atom is -0.310 e. The third-order valence-corrected chi connectivity index (χ3v) is 17.6. The number of hydrogen-bond acceptors (Lipinski definition) is 4. The molecule has 2 heterocycles. The Balaban J connectivity index is 1.23. The quantitative estimate of drug-likeness (QED) is 0.150. The van der Waals surface area contributed by atoms with E-state index in [0.717, 1.165) is 22.7 Å². The second kappa shape index (κ2) is 17.2. The molecule has 0 spiro atoms. The molecule has 0 bridgehead atoms. The maximum atomic E-state index is 2.60. The van der Waals surface area contributed by atoms with Crippen LogP contribution in [0.4, 0.5) is 34.1 Å². The Bertz CT molecular complexity index is 3970. The van der Waals surface area contributed by atoms with Crippen molar-refractivity contribution >= 4 is 97.1 Å². The molecule has 0 atom stereocenters. The van der Waals surface area contributed by atoms with E-state index in [1.165, 1.54) is 96.2 Å². The van der Waals surface area contributed by atoms with Crippen molar-refractivity contribution in [3.05, 3.63) is 264 Å². The van der Waals surface area contributed by atoms with Gasteiger partial charge in [-0.25, -0.2) is 0 Å². The Labute approximate surface area is 437 Å². The van der Waals surface area contributed by atoms with Gasteiger partial charge in [0.05, 0.1) is 21.5 Å². The summed E-state index contributed by atoms with van der Waals surface area (Å²) in [5.41, 5.74) is 16.4. The lowest BCUT2D eigenvalue weighted by Gasteiger charge is -2.36. The molecule has 4 heteroatoms. The predicted molar refractivity (Wildman–Crippen MR) is 316 cm³/mol. The highest BCUT2D eigenvalue weighted by molar-refractivity contribution is 7.27. The summed E-state index contributed by atoms with van der Waals surface area (Å²) in [6, 6.07) is 86.7. The van der Waals surface area contributed by atoms with Crippen molar-refractivity contribution in [3.63, 3.8) is 0 Å². The zero-order valence-corrected chi connectivity index (χ0v) is 43.8. The van der Waals surface area contributed by atoms with E-state index < -0.39 is 5.41 Å². The summed E-state index contributed by atoms with van der Waals surface area (Å²) < 4.78 is 5.13. The molecule has 2 aromatic heterocycles. The van der Waals surface area contributed by atoms with Gasteiger partial charge in [-0.3, -0.25) is 0 Å². The predicted octanol–water partition coefficient (Wildman–Crippen LogP) is 20.3. The molecule has 1 aliphatic rings. The minimum absolute atomic E-state index is 0.0131. The molecule has 0 radical (unpaired) electrons. The molecule has 73 heavy (non-hydrogen) atoms. The molecule has 0 saturated carbocycles. The standard InChI is InChI=1S/C69H56N2S2/c1-67(2,3)45-35-39-51(40-36-45)70(49-27-15-9-16-28-49)57-43-56-64(66-61(57)53-31-19-21-33-59(53)73-66)63-55(69(56,47-23-11-7-12-24-47)48-25-13-8-14-26-48)44-58(65-62(63)54-32-20-22-34-60(54)72-65)71(50-29-17-10-18-30-50)52-41-37-46(38-42-52)68(4,5)6/h7-44H,1-6H3. The lowest BCUT2D eigenvalue weighted by molar-refractivity contribution is 0.590. The van der Waals surface area contributed by atoms with E-state index in [9.17, 15) is 0 Å². The molecule has 0 N–H and O–H groups in total. The minimum atomic E-state index is -0.741. The van der Waals surface area contributed by atoms with Gasteiger partial charge in [-0.15, -0.1) is 22.7 Å². The maximum Gasteiger partial charge on any atom is 0.0715 e. The summed E-state index contributed by atoms with van der Waals surface area (Å²) in [5.74, 6) is 0. The van der Waals surface area contributed by atoms with E-state index >= 15 is 0 Å². The van der Waals surface area contributed by atoms with E-state index in [4.69, 9.17) is 0 Å². The smallest absolute Gasteiger partial charge is 0.0715 e. The van der Waals surface area contributed by atoms with Crippen LogP contribution >= 0.6 is 22.7 Å². The first-order chi connectivity index (χ1) is 35.5. The van der Waals surface area contributed by atoms with Gasteiger partial charge in [-0.05, 0) is 123 Å². The van der Waals surface area contributed by atoms with Crippen LogP contribution in [0.15, 0.2) is 231 Å². The topological polar surface area (TPSA) is 6.48 Å². The average molecular weight is 977 g/mol. The van der Waals surface area contributed by atoms with E-state index in [1.807, 2.05) is 22.7 Å². The van der Waals surface area contributed by atoms with Gasteiger partial charge in [0.15, 0.2) is 0 Å². The van der Waals surface area contributed by atoms with Crippen molar-refractivity contribution < 1.29 is 0 Å². The molecular formula is C69H56N2S2. The summed E-state index contributed by atoms with van der Waals surface area (Å²) in [6.07, 6.45) is 0. The molecule has 0 fully saturated rings. The summed E-state index contributed by atoms with van der Waals surface area (Å²) in [6.45, 7) is 13.8. The maximum absolute atomic E-state index is 2.60. The lowest BCUT2D eigenvalue weighted by atomic mass is 9.67. The highest BCUT2D eigenvalue weighted by Crippen LogP contribution is 2.65. The first-order valence-electron chi connectivity index (χ1n) is 25.5. The number of nitrogens with zero attached hydrogens (tertiary/aromatic N) is 2. The summed E-state index contributed by atoms with van der Waals surface area (Å²) in [7, 11) is 0. The zero-order chi connectivity index (χ0) is 49.6. The Morgan fingerprint density at radius 3 is 1.19 bits per heavy atom. The van der Waals surface area contributed by atoms with Crippen molar-refractivity contribution in [2.75, 3.05) is 9.80 Å². The molecule has 1 aliphatic carbocycles. The van der Waals surface area contributed by atoms with Gasteiger partial charge >= 0.3 is 0 Å². The number of fused-ring (bicyclic) bond motifs is 11. The number of anilines is 6. The van der Waals surface area contributed by atoms with Gasteiger partial charge in [0.25, 0.3) is 0 Å². The summed E-state index contributed by atoms with van der Waals surface area (Å²) in [5, 5.41) is 5.12. The largest absolute Gasteiger partial charge is 0.310 e. The van der Waals surface area contributed by atoms with Crippen LogP contribution in [0.25, 0.3) is 51.5 Å². The van der Waals surface area contributed by atoms with Gasteiger partial charge in [-0.1, -0.05) is 199 Å². The lowest BCUT2D eigenvalue weighted by Crippen LogP contribution is -2.29. The molecule has 2 nitrogen and oxygen atoms in total. The third-order valence-electron chi connectivity index (χ3n) is 15.2. The van der Waals surface area contributed by atoms with Gasteiger partial charge in [0.1, 0.15) is 0 Å². The molecule has 10 aromatic carbocycles. The van der Waals surface area contributed by atoms with Gasteiger partial charge in [0, 0.05) is 64.0 Å². The van der Waals surface area contributed by atoms with Crippen molar-refractivity contribution in [3.8, 4) is 11.1 Å². The van der Waals surface area contributed by atoms with Crippen LogP contribution in [0.5, 0.6) is 0 Å². The van der Waals surface area contributed by atoms with Crippen LogP contribution in [-0.4, -0.2) is 0 Å². The fourth-order valence-electron chi connectivity index (χ4n) is 11.7. The van der Waals surface area contributed by atoms with E-state index in [2.05, 4.69) is 282 Å². The molecule has 0 saturated heterocycles. The van der Waals surface area contributed by atoms with Gasteiger partial charge in [0.2, 0.25) is 0 Å². The Hall–Kier alpha value is -7.76. The molecular weight excluding hydrogens is 921 g/mol. The average Bonchev–Trinajstić information content (AvgIpc) is 4.10. The SMILES string of the molecule is CC(C)(C)c1ccc(N(c2ccccc2)c2cc3c(c4c2sc2ccccc24)-c2c(cc(N(c4ccccc4)c4ccc(C(C)(C)C)cc4)c4c2sc2ccccc24)C3(c2ccccc2)c2ccccc2)cc1. The normalized spacial score (nSPS) is 13.2. The monoisotopic (exact) mass is 976 g/mol. The second-order valence-corrected chi connectivity index (χ2v) is 23.8. The summed E-state index contributed by atoms with van der Waals surface area (Å²) >= 11 is 3.85. The fraction of sp³-hybridized carbons (Fsp3) is 0.130. The van der Waals surface area contributed by atoms with Crippen LogP contribution in [0.1, 0.15) is 74.9 Å². The van der Waals surface area contributed by atoms with Crippen LogP contribution < -0.4 is 9.80 Å². The Morgan fingerprint density at radius 2 is 0.712 bits per heavy atom. The fourth-order valence-corrected chi connectivity index (χ4v) is 14.2. The highest BCUT2D eigenvalue weighted by atomic mass is 32.1. The van der Waals surface area contributed by atoms with Crippen LogP contribution in [0.2, 0.25) is 0 Å². The van der Waals surface area contributed by atoms with Crippen LogP contribution in [0.3, 0.4) is 0 Å². The second-order valence-electron chi connectivity index (χ2n) is 21.7. The number of para-hydroxylation sites is 2. The number of rotatable bonds is 8. The van der Waals surface area contributed by atoms with Crippen molar-refractivity contribution in [1.82, 2.24) is 0 Å². The van der Waals surface area contributed by atoms with E-state index in [-0.39, 0.29) is 10.8 Å².